The lowest BCUT2D eigenvalue weighted by atomic mass is 10.1. The minimum atomic E-state index is -0.397. The zero-order chi connectivity index (χ0) is 15.1. The summed E-state index contributed by atoms with van der Waals surface area (Å²) in [6.07, 6.45) is 4.57. The number of amides is 1. The van der Waals surface area contributed by atoms with Gasteiger partial charge in [-0.15, -0.1) is 11.3 Å². The number of furan rings is 1. The van der Waals surface area contributed by atoms with E-state index in [-0.39, 0.29) is 18.3 Å². The molecule has 0 aromatic carbocycles. The molecule has 2 aromatic heterocycles. The zero-order valence-electron chi connectivity index (χ0n) is 11.4. The van der Waals surface area contributed by atoms with Crippen molar-refractivity contribution in [1.82, 2.24) is 5.32 Å². The molecule has 2 aromatic rings. The van der Waals surface area contributed by atoms with Crippen LogP contribution in [0.2, 0.25) is 0 Å². The summed E-state index contributed by atoms with van der Waals surface area (Å²) in [4.78, 5) is 24.3. The van der Waals surface area contributed by atoms with Gasteiger partial charge < -0.3 is 14.5 Å². The summed E-state index contributed by atoms with van der Waals surface area (Å²) in [5, 5.41) is 4.68. The molecule has 2 rings (SSSR count). The molecule has 5 nitrogen and oxygen atoms in total. The van der Waals surface area contributed by atoms with E-state index in [1.54, 1.807) is 18.2 Å². The van der Waals surface area contributed by atoms with Gasteiger partial charge in [0.15, 0.2) is 0 Å². The van der Waals surface area contributed by atoms with Crippen LogP contribution < -0.4 is 5.32 Å². The normalized spacial score (nSPS) is 12.2. The van der Waals surface area contributed by atoms with Crippen molar-refractivity contribution in [3.63, 3.8) is 0 Å². The Labute approximate surface area is 126 Å². The first-order valence-electron chi connectivity index (χ1n) is 6.31. The van der Waals surface area contributed by atoms with Crippen LogP contribution in [0.5, 0.6) is 0 Å². The van der Waals surface area contributed by atoms with Crippen LogP contribution in [-0.4, -0.2) is 19.0 Å². The second-order valence-electron chi connectivity index (χ2n) is 4.21. The molecule has 0 saturated heterocycles. The Bertz CT molecular complexity index is 602. The second kappa shape index (κ2) is 7.44. The molecule has 6 heteroatoms. The minimum absolute atomic E-state index is 0.0946. The highest BCUT2D eigenvalue weighted by molar-refractivity contribution is 7.10. The molecule has 1 N–H and O–H groups in total. The molecule has 0 spiro atoms. The van der Waals surface area contributed by atoms with Gasteiger partial charge >= 0.3 is 5.97 Å². The Morgan fingerprint density at radius 1 is 1.43 bits per heavy atom. The maximum atomic E-state index is 11.9. The maximum absolute atomic E-state index is 11.9. The number of carbonyl (C=O) groups excluding carboxylic acids is 2. The Hall–Kier alpha value is -2.34. The fraction of sp³-hybridized carbons (Fsp3) is 0.200. The van der Waals surface area contributed by atoms with Crippen molar-refractivity contribution >= 4 is 29.3 Å². The van der Waals surface area contributed by atoms with Gasteiger partial charge in [0.1, 0.15) is 5.76 Å². The molecule has 0 aliphatic rings. The minimum Gasteiger partial charge on any atom is -0.469 e. The number of esters is 1. The van der Waals surface area contributed by atoms with Gasteiger partial charge in [0.2, 0.25) is 5.91 Å². The number of hydrogen-bond donors (Lipinski definition) is 1. The van der Waals surface area contributed by atoms with Crippen LogP contribution >= 0.6 is 11.3 Å². The fourth-order valence-corrected chi connectivity index (χ4v) is 2.50. The van der Waals surface area contributed by atoms with Crippen molar-refractivity contribution < 1.29 is 18.7 Å². The van der Waals surface area contributed by atoms with Crippen LogP contribution in [-0.2, 0) is 14.3 Å². The summed E-state index contributed by atoms with van der Waals surface area (Å²) < 4.78 is 9.76. The first kappa shape index (κ1) is 15.1. The Morgan fingerprint density at radius 3 is 2.90 bits per heavy atom. The van der Waals surface area contributed by atoms with Crippen molar-refractivity contribution in [2.75, 3.05) is 7.11 Å². The molecule has 110 valence electrons. The van der Waals surface area contributed by atoms with Crippen LogP contribution in [0.1, 0.15) is 23.1 Å². The SMILES string of the molecule is COC(=O)CC(NC(=O)C=Cc1ccco1)c1cccs1. The van der Waals surface area contributed by atoms with Gasteiger partial charge in [0, 0.05) is 11.0 Å². The topological polar surface area (TPSA) is 68.5 Å². The van der Waals surface area contributed by atoms with Gasteiger partial charge in [-0.3, -0.25) is 9.59 Å². The van der Waals surface area contributed by atoms with Crippen molar-refractivity contribution in [1.29, 1.82) is 0 Å². The van der Waals surface area contributed by atoms with Gasteiger partial charge in [-0.2, -0.15) is 0 Å². The average Bonchev–Trinajstić information content (AvgIpc) is 3.17. The fourth-order valence-electron chi connectivity index (χ4n) is 1.73. The first-order valence-corrected chi connectivity index (χ1v) is 7.19. The zero-order valence-corrected chi connectivity index (χ0v) is 12.3. The van der Waals surface area contributed by atoms with E-state index in [9.17, 15) is 9.59 Å². The Balaban J connectivity index is 2.01. The van der Waals surface area contributed by atoms with E-state index in [1.807, 2.05) is 17.5 Å². The predicted octanol–water partition coefficient (Wildman–Crippen LogP) is 2.77. The summed E-state index contributed by atoms with van der Waals surface area (Å²) in [7, 11) is 1.33. The standard InChI is InChI=1S/C15H15NO4S/c1-19-15(18)10-12(13-5-3-9-21-13)16-14(17)7-6-11-4-2-8-20-11/h2-9,12H,10H2,1H3,(H,16,17). The van der Waals surface area contributed by atoms with E-state index in [0.29, 0.717) is 5.76 Å². The van der Waals surface area contributed by atoms with Crippen LogP contribution in [0.3, 0.4) is 0 Å². The molecular weight excluding hydrogens is 290 g/mol. The van der Waals surface area contributed by atoms with E-state index in [2.05, 4.69) is 10.1 Å². The number of hydrogen-bond acceptors (Lipinski definition) is 5. The lowest BCUT2D eigenvalue weighted by molar-refractivity contribution is -0.141. The van der Waals surface area contributed by atoms with E-state index < -0.39 is 6.04 Å². The second-order valence-corrected chi connectivity index (χ2v) is 5.18. The lowest BCUT2D eigenvalue weighted by Crippen LogP contribution is -2.28. The monoisotopic (exact) mass is 305 g/mol. The molecule has 0 fully saturated rings. The molecular formula is C15H15NO4S. The molecule has 21 heavy (non-hydrogen) atoms. The summed E-state index contributed by atoms with van der Waals surface area (Å²) in [5.41, 5.74) is 0. The van der Waals surface area contributed by atoms with E-state index >= 15 is 0 Å². The van der Waals surface area contributed by atoms with E-state index in [4.69, 9.17) is 4.42 Å². The number of nitrogens with one attached hydrogen (secondary N) is 1. The summed E-state index contributed by atoms with van der Waals surface area (Å²) >= 11 is 1.48. The van der Waals surface area contributed by atoms with Gasteiger partial charge in [0.25, 0.3) is 0 Å². The summed E-state index contributed by atoms with van der Waals surface area (Å²) in [5.74, 6) is -0.0804. The van der Waals surface area contributed by atoms with Crippen molar-refractivity contribution in [3.8, 4) is 0 Å². The number of thiophene rings is 1. The Morgan fingerprint density at radius 2 is 2.29 bits per heavy atom. The van der Waals surface area contributed by atoms with Gasteiger partial charge in [-0.25, -0.2) is 0 Å². The van der Waals surface area contributed by atoms with E-state index in [1.165, 1.54) is 30.8 Å². The highest BCUT2D eigenvalue weighted by Gasteiger charge is 2.18. The highest BCUT2D eigenvalue weighted by Crippen LogP contribution is 2.22. The molecule has 0 aliphatic heterocycles. The van der Waals surface area contributed by atoms with Crippen LogP contribution in [0, 0.1) is 0 Å². The van der Waals surface area contributed by atoms with Crippen molar-refractivity contribution in [2.45, 2.75) is 12.5 Å². The molecule has 1 unspecified atom stereocenters. The lowest BCUT2D eigenvalue weighted by Gasteiger charge is -2.15. The largest absolute Gasteiger partial charge is 0.469 e. The van der Waals surface area contributed by atoms with Crippen LogP contribution in [0.25, 0.3) is 6.08 Å². The smallest absolute Gasteiger partial charge is 0.307 e. The number of rotatable bonds is 6. The quantitative estimate of drug-likeness (QED) is 0.658. The van der Waals surface area contributed by atoms with Gasteiger partial charge in [0.05, 0.1) is 25.8 Å². The third-order valence-electron chi connectivity index (χ3n) is 2.74. The van der Waals surface area contributed by atoms with Crippen LogP contribution in [0.4, 0.5) is 0 Å². The molecule has 2 heterocycles. The van der Waals surface area contributed by atoms with Crippen molar-refractivity contribution in [2.24, 2.45) is 0 Å². The predicted molar refractivity (Wildman–Crippen MR) is 79.6 cm³/mol. The third-order valence-corrected chi connectivity index (χ3v) is 3.73. The maximum Gasteiger partial charge on any atom is 0.307 e. The Kier molecular flexibility index (Phi) is 5.34. The molecule has 1 atom stereocenters. The first-order chi connectivity index (χ1) is 10.2. The number of ether oxygens (including phenoxy) is 1. The summed E-state index contributed by atoms with van der Waals surface area (Å²) in [6.45, 7) is 0. The van der Waals surface area contributed by atoms with Gasteiger partial charge in [-0.1, -0.05) is 6.07 Å². The molecule has 0 aliphatic carbocycles. The third kappa shape index (κ3) is 4.61. The van der Waals surface area contributed by atoms with Gasteiger partial charge in [-0.05, 0) is 29.7 Å². The van der Waals surface area contributed by atoms with Crippen molar-refractivity contribution in [3.05, 3.63) is 52.6 Å². The van der Waals surface area contributed by atoms with E-state index in [0.717, 1.165) is 4.88 Å². The molecule has 0 bridgehead atoms. The highest BCUT2D eigenvalue weighted by atomic mass is 32.1. The number of methoxy groups -OCH3 is 1. The van der Waals surface area contributed by atoms with Crippen LogP contribution in [0.15, 0.2) is 46.4 Å². The average molecular weight is 305 g/mol. The molecule has 0 radical (unpaired) electrons. The molecule has 1 amide bonds. The number of carbonyl (C=O) groups is 2. The summed E-state index contributed by atoms with van der Waals surface area (Å²) in [6, 6.07) is 6.83. The molecule has 0 saturated carbocycles.